The highest BCUT2D eigenvalue weighted by Crippen LogP contribution is 2.21. The van der Waals surface area contributed by atoms with Crippen LogP contribution in [0.1, 0.15) is 12.5 Å². The maximum Gasteiger partial charge on any atom is 0.130 e. The van der Waals surface area contributed by atoms with E-state index in [0.717, 1.165) is 31.7 Å². The minimum Gasteiger partial charge on any atom is -0.304 e. The molecule has 1 saturated heterocycles. The monoisotopic (exact) mass is 273 g/mol. The number of hydrogen-bond acceptors (Lipinski definition) is 3. The van der Waals surface area contributed by atoms with Crippen molar-refractivity contribution in [1.29, 1.82) is 0 Å². The first kappa shape index (κ1) is 13.1. The molecule has 1 fully saturated rings. The molecule has 2 rings (SSSR count). The third kappa shape index (κ3) is 3.32. The number of piperazine rings is 1. The maximum absolute atomic E-state index is 6.16. The minimum atomic E-state index is 0.449. The molecule has 0 radical (unpaired) electrons. The molecule has 1 aromatic rings. The fourth-order valence-electron chi connectivity index (χ4n) is 2.18. The Labute approximate surface area is 112 Å². The summed E-state index contributed by atoms with van der Waals surface area (Å²) >= 11 is 12.0. The van der Waals surface area contributed by atoms with Crippen LogP contribution in [0, 0.1) is 0 Å². The molecule has 1 aliphatic heterocycles. The predicted molar refractivity (Wildman–Crippen MR) is 71.6 cm³/mol. The first-order valence-corrected chi connectivity index (χ1v) is 6.54. The molecule has 17 heavy (non-hydrogen) atoms. The summed E-state index contributed by atoms with van der Waals surface area (Å²) in [4.78, 5) is 8.87. The molecule has 1 unspecified atom stereocenters. The molecular formula is C12H17Cl2N3. The highest BCUT2D eigenvalue weighted by molar-refractivity contribution is 6.34. The van der Waals surface area contributed by atoms with Crippen LogP contribution in [0.4, 0.5) is 0 Å². The molecule has 0 N–H and O–H groups in total. The van der Waals surface area contributed by atoms with E-state index in [9.17, 15) is 0 Å². The molecule has 1 aromatic heterocycles. The van der Waals surface area contributed by atoms with Gasteiger partial charge >= 0.3 is 0 Å². The summed E-state index contributed by atoms with van der Waals surface area (Å²) in [6.45, 7) is 6.35. The Hall–Kier alpha value is -0.350. The highest BCUT2D eigenvalue weighted by atomic mass is 35.5. The van der Waals surface area contributed by atoms with Crippen LogP contribution >= 0.6 is 23.2 Å². The van der Waals surface area contributed by atoms with Crippen molar-refractivity contribution in [2.24, 2.45) is 0 Å². The Balaban J connectivity index is 2.05. The normalized spacial score (nSPS) is 22.9. The van der Waals surface area contributed by atoms with Crippen LogP contribution in [0.5, 0.6) is 0 Å². The van der Waals surface area contributed by atoms with Crippen molar-refractivity contribution >= 4 is 23.2 Å². The Morgan fingerprint density at radius 1 is 1.41 bits per heavy atom. The van der Waals surface area contributed by atoms with E-state index in [1.54, 1.807) is 12.3 Å². The van der Waals surface area contributed by atoms with Gasteiger partial charge in [0.15, 0.2) is 0 Å². The van der Waals surface area contributed by atoms with Crippen LogP contribution < -0.4 is 0 Å². The molecule has 94 valence electrons. The predicted octanol–water partition coefficient (Wildman–Crippen LogP) is 2.52. The van der Waals surface area contributed by atoms with E-state index in [4.69, 9.17) is 23.2 Å². The fraction of sp³-hybridized carbons (Fsp3) is 0.583. The molecule has 0 saturated carbocycles. The van der Waals surface area contributed by atoms with Crippen molar-refractivity contribution in [3.8, 4) is 0 Å². The van der Waals surface area contributed by atoms with Crippen molar-refractivity contribution < 1.29 is 0 Å². The van der Waals surface area contributed by atoms with Crippen molar-refractivity contribution in [2.75, 3.05) is 26.7 Å². The zero-order chi connectivity index (χ0) is 12.4. The number of nitrogens with zero attached hydrogens (tertiary/aromatic N) is 3. The molecular weight excluding hydrogens is 257 g/mol. The van der Waals surface area contributed by atoms with Crippen LogP contribution in [0.3, 0.4) is 0 Å². The highest BCUT2D eigenvalue weighted by Gasteiger charge is 2.22. The summed E-state index contributed by atoms with van der Waals surface area (Å²) in [5.41, 5.74) is 1.05. The largest absolute Gasteiger partial charge is 0.304 e. The van der Waals surface area contributed by atoms with Gasteiger partial charge < -0.3 is 4.90 Å². The van der Waals surface area contributed by atoms with E-state index < -0.39 is 0 Å². The average molecular weight is 274 g/mol. The zero-order valence-corrected chi connectivity index (χ0v) is 11.7. The second-order valence-corrected chi connectivity index (χ2v) is 5.47. The Morgan fingerprint density at radius 2 is 2.18 bits per heavy atom. The van der Waals surface area contributed by atoms with E-state index >= 15 is 0 Å². The van der Waals surface area contributed by atoms with Crippen molar-refractivity contribution in [2.45, 2.75) is 19.5 Å². The standard InChI is InChI=1S/C12H17Cl2N3/c1-9-7-16(2)3-4-17(9)8-10-6-15-12(14)5-11(10)13/h5-6,9H,3-4,7-8H2,1-2H3. The summed E-state index contributed by atoms with van der Waals surface area (Å²) in [7, 11) is 2.16. The minimum absolute atomic E-state index is 0.449. The summed E-state index contributed by atoms with van der Waals surface area (Å²) in [6, 6.07) is 2.25. The SMILES string of the molecule is CC1CN(C)CCN1Cc1cnc(Cl)cc1Cl. The molecule has 1 aliphatic rings. The van der Waals surface area contributed by atoms with Gasteiger partial charge in [-0.15, -0.1) is 0 Å². The van der Waals surface area contributed by atoms with Crippen LogP contribution in [-0.2, 0) is 6.54 Å². The zero-order valence-electron chi connectivity index (χ0n) is 10.2. The molecule has 0 bridgehead atoms. The maximum atomic E-state index is 6.16. The lowest BCUT2D eigenvalue weighted by molar-refractivity contribution is 0.0938. The smallest absolute Gasteiger partial charge is 0.130 e. The lowest BCUT2D eigenvalue weighted by Gasteiger charge is -2.38. The van der Waals surface area contributed by atoms with E-state index in [1.807, 2.05) is 0 Å². The summed E-state index contributed by atoms with van der Waals surface area (Å²) in [6.07, 6.45) is 1.77. The van der Waals surface area contributed by atoms with Gasteiger partial charge in [-0.25, -0.2) is 4.98 Å². The number of hydrogen-bond donors (Lipinski definition) is 0. The number of aromatic nitrogens is 1. The topological polar surface area (TPSA) is 19.4 Å². The number of rotatable bonds is 2. The second kappa shape index (κ2) is 5.53. The molecule has 0 aliphatic carbocycles. The van der Waals surface area contributed by atoms with Gasteiger partial charge in [-0.1, -0.05) is 23.2 Å². The van der Waals surface area contributed by atoms with Gasteiger partial charge in [0.1, 0.15) is 5.15 Å². The van der Waals surface area contributed by atoms with Crippen LogP contribution in [-0.4, -0.2) is 47.5 Å². The molecule has 2 heterocycles. The van der Waals surface area contributed by atoms with Gasteiger partial charge in [0.25, 0.3) is 0 Å². The second-order valence-electron chi connectivity index (χ2n) is 4.68. The first-order chi connectivity index (χ1) is 8.06. The van der Waals surface area contributed by atoms with Crippen molar-refractivity contribution in [3.05, 3.63) is 28.0 Å². The van der Waals surface area contributed by atoms with Gasteiger partial charge in [0.05, 0.1) is 0 Å². The van der Waals surface area contributed by atoms with Gasteiger partial charge in [0.2, 0.25) is 0 Å². The summed E-state index contributed by atoms with van der Waals surface area (Å²) < 4.78 is 0. The average Bonchev–Trinajstić information content (AvgIpc) is 2.25. The fourth-order valence-corrected chi connectivity index (χ4v) is 2.61. The van der Waals surface area contributed by atoms with Crippen LogP contribution in [0.2, 0.25) is 10.2 Å². The quantitative estimate of drug-likeness (QED) is 0.772. The Kier molecular flexibility index (Phi) is 4.26. The third-order valence-electron chi connectivity index (χ3n) is 3.24. The lowest BCUT2D eigenvalue weighted by Crippen LogP contribution is -2.49. The summed E-state index contributed by atoms with van der Waals surface area (Å²) in [5, 5.41) is 1.15. The number of halogens is 2. The number of pyridine rings is 1. The Bertz CT molecular complexity index is 397. The van der Waals surface area contributed by atoms with Crippen molar-refractivity contribution in [3.63, 3.8) is 0 Å². The van der Waals surface area contributed by atoms with Gasteiger partial charge in [0, 0.05) is 49.0 Å². The summed E-state index contributed by atoms with van der Waals surface area (Å²) in [5.74, 6) is 0. The van der Waals surface area contributed by atoms with Gasteiger partial charge in [-0.2, -0.15) is 0 Å². The van der Waals surface area contributed by atoms with E-state index in [2.05, 4.69) is 28.8 Å². The third-order valence-corrected chi connectivity index (χ3v) is 3.80. The van der Waals surface area contributed by atoms with Crippen LogP contribution in [0.25, 0.3) is 0 Å². The lowest BCUT2D eigenvalue weighted by atomic mass is 10.1. The Morgan fingerprint density at radius 3 is 2.82 bits per heavy atom. The van der Waals surface area contributed by atoms with Crippen molar-refractivity contribution in [1.82, 2.24) is 14.8 Å². The molecule has 0 spiro atoms. The molecule has 0 aromatic carbocycles. The van der Waals surface area contributed by atoms with E-state index in [0.29, 0.717) is 16.2 Å². The van der Waals surface area contributed by atoms with E-state index in [-0.39, 0.29) is 0 Å². The first-order valence-electron chi connectivity index (χ1n) is 5.79. The van der Waals surface area contributed by atoms with Gasteiger partial charge in [-0.05, 0) is 20.0 Å². The molecule has 0 amide bonds. The molecule has 3 nitrogen and oxygen atoms in total. The van der Waals surface area contributed by atoms with Gasteiger partial charge in [-0.3, -0.25) is 4.90 Å². The van der Waals surface area contributed by atoms with Crippen LogP contribution in [0.15, 0.2) is 12.3 Å². The molecule has 5 heteroatoms. The van der Waals surface area contributed by atoms with E-state index in [1.165, 1.54) is 0 Å². The number of likely N-dealkylation sites (N-methyl/N-ethyl adjacent to an activating group) is 1. The molecule has 1 atom stereocenters.